The van der Waals surface area contributed by atoms with Crippen LogP contribution in [-0.2, 0) is 14.4 Å². The molecule has 0 unspecified atom stereocenters. The van der Waals surface area contributed by atoms with Crippen LogP contribution < -0.4 is 15.1 Å². The van der Waals surface area contributed by atoms with E-state index in [1.807, 2.05) is 77.7 Å². The quantitative estimate of drug-likeness (QED) is 0.637. The minimum Gasteiger partial charge on any atom is -0.351 e. The summed E-state index contributed by atoms with van der Waals surface area (Å²) >= 11 is 0. The standard InChI is InChI=1S/C27H21N3O3/c31-25(28-18-10-3-1-4-11-18)24-23-22(21-16-15-17-9-7-8-14-20(17)30(21)24)26(32)29(27(23)33)19-12-5-2-6-13-19/h1-16,21-24H,(H,28,31)/t21-,22-,23-,24+/m1/s1. The summed E-state index contributed by atoms with van der Waals surface area (Å²) in [6.07, 6.45) is 3.93. The number of rotatable bonds is 3. The van der Waals surface area contributed by atoms with E-state index in [4.69, 9.17) is 0 Å². The van der Waals surface area contributed by atoms with Crippen LogP contribution >= 0.6 is 0 Å². The van der Waals surface area contributed by atoms with Gasteiger partial charge in [-0.1, -0.05) is 66.7 Å². The average molecular weight is 435 g/mol. The number of hydrogen-bond donors (Lipinski definition) is 1. The van der Waals surface area contributed by atoms with Gasteiger partial charge < -0.3 is 10.2 Å². The first-order valence-corrected chi connectivity index (χ1v) is 11.0. The molecule has 0 saturated carbocycles. The van der Waals surface area contributed by atoms with Crippen molar-refractivity contribution in [2.75, 3.05) is 15.1 Å². The molecule has 4 atom stereocenters. The number of nitrogens with one attached hydrogen (secondary N) is 1. The molecule has 3 aliphatic rings. The van der Waals surface area contributed by atoms with Crippen molar-refractivity contribution in [1.29, 1.82) is 0 Å². The van der Waals surface area contributed by atoms with Crippen LogP contribution in [0.5, 0.6) is 0 Å². The Kier molecular flexibility index (Phi) is 4.40. The molecule has 33 heavy (non-hydrogen) atoms. The second-order valence-electron chi connectivity index (χ2n) is 8.51. The van der Waals surface area contributed by atoms with Crippen molar-refractivity contribution in [3.63, 3.8) is 0 Å². The first-order valence-electron chi connectivity index (χ1n) is 11.0. The Bertz CT molecular complexity index is 1290. The van der Waals surface area contributed by atoms with Gasteiger partial charge in [0.15, 0.2) is 0 Å². The number of imide groups is 1. The maximum absolute atomic E-state index is 13.7. The predicted octanol–water partition coefficient (Wildman–Crippen LogP) is 3.72. The maximum atomic E-state index is 13.7. The Balaban J connectivity index is 1.45. The number of nitrogens with zero attached hydrogens (tertiary/aromatic N) is 2. The fourth-order valence-corrected chi connectivity index (χ4v) is 5.38. The van der Waals surface area contributed by atoms with E-state index in [-0.39, 0.29) is 23.8 Å². The third kappa shape index (κ3) is 2.91. The fraction of sp³-hybridized carbons (Fsp3) is 0.148. The number of benzene rings is 3. The number of amides is 3. The van der Waals surface area contributed by atoms with Crippen molar-refractivity contribution < 1.29 is 14.4 Å². The van der Waals surface area contributed by atoms with Crippen LogP contribution in [0.3, 0.4) is 0 Å². The lowest BCUT2D eigenvalue weighted by molar-refractivity contribution is -0.126. The van der Waals surface area contributed by atoms with Gasteiger partial charge in [0, 0.05) is 11.4 Å². The van der Waals surface area contributed by atoms with Gasteiger partial charge in [0.25, 0.3) is 0 Å². The number of carbonyl (C=O) groups is 3. The molecule has 3 aromatic rings. The average Bonchev–Trinajstić information content (AvgIpc) is 3.33. The SMILES string of the molecule is O=C(Nc1ccccc1)[C@@H]1[C@@H]2C(=O)N(c3ccccc3)C(=O)[C@@H]2[C@H]2C=Cc3ccccc3N21. The van der Waals surface area contributed by atoms with Gasteiger partial charge in [0.05, 0.1) is 23.6 Å². The first kappa shape index (κ1) is 19.5. The monoisotopic (exact) mass is 435 g/mol. The smallest absolute Gasteiger partial charge is 0.247 e. The molecule has 3 amide bonds. The van der Waals surface area contributed by atoms with Gasteiger partial charge >= 0.3 is 0 Å². The molecule has 1 N–H and O–H groups in total. The lowest BCUT2D eigenvalue weighted by atomic mass is 9.88. The highest BCUT2D eigenvalue weighted by Gasteiger charge is 2.64. The fourth-order valence-electron chi connectivity index (χ4n) is 5.38. The van der Waals surface area contributed by atoms with Crippen LogP contribution in [0.25, 0.3) is 6.08 Å². The number of carbonyl (C=O) groups excluding carboxylic acids is 3. The number of anilines is 3. The molecule has 6 heteroatoms. The van der Waals surface area contributed by atoms with Crippen LogP contribution in [0.4, 0.5) is 17.1 Å². The van der Waals surface area contributed by atoms with Crippen LogP contribution in [0.1, 0.15) is 5.56 Å². The van der Waals surface area contributed by atoms with E-state index >= 15 is 0 Å². The van der Waals surface area contributed by atoms with Crippen molar-refractivity contribution >= 4 is 40.9 Å². The molecule has 2 saturated heterocycles. The van der Waals surface area contributed by atoms with E-state index in [0.717, 1.165) is 11.3 Å². The molecule has 0 aromatic heterocycles. The number of hydrogen-bond acceptors (Lipinski definition) is 4. The van der Waals surface area contributed by atoms with Gasteiger partial charge in [-0.3, -0.25) is 14.4 Å². The minimum atomic E-state index is -0.809. The summed E-state index contributed by atoms with van der Waals surface area (Å²) in [6, 6.07) is 24.7. The van der Waals surface area contributed by atoms with Gasteiger partial charge in [-0.05, 0) is 35.9 Å². The Labute approximate surface area is 191 Å². The van der Waals surface area contributed by atoms with Crippen molar-refractivity contribution in [2.45, 2.75) is 12.1 Å². The predicted molar refractivity (Wildman–Crippen MR) is 127 cm³/mol. The minimum absolute atomic E-state index is 0.259. The molecule has 3 aliphatic heterocycles. The molecule has 0 aliphatic carbocycles. The molecule has 0 spiro atoms. The van der Waals surface area contributed by atoms with Crippen LogP contribution in [0.15, 0.2) is 91.0 Å². The Morgan fingerprint density at radius 2 is 1.39 bits per heavy atom. The summed E-state index contributed by atoms with van der Waals surface area (Å²) in [4.78, 5) is 44.2. The second-order valence-corrected chi connectivity index (χ2v) is 8.51. The Morgan fingerprint density at radius 1 is 0.758 bits per heavy atom. The summed E-state index contributed by atoms with van der Waals surface area (Å²) in [5.74, 6) is -2.29. The molecule has 162 valence electrons. The zero-order valence-electron chi connectivity index (χ0n) is 17.7. The lowest BCUT2D eigenvalue weighted by Gasteiger charge is -2.36. The van der Waals surface area contributed by atoms with Crippen molar-refractivity contribution in [1.82, 2.24) is 0 Å². The Morgan fingerprint density at radius 3 is 2.15 bits per heavy atom. The number of fused-ring (bicyclic) bond motifs is 5. The maximum Gasteiger partial charge on any atom is 0.247 e. The molecule has 0 radical (unpaired) electrons. The summed E-state index contributed by atoms with van der Waals surface area (Å²) in [5, 5.41) is 2.96. The van der Waals surface area contributed by atoms with E-state index in [1.54, 1.807) is 24.3 Å². The van der Waals surface area contributed by atoms with Gasteiger partial charge in [0.2, 0.25) is 17.7 Å². The highest BCUT2D eigenvalue weighted by molar-refractivity contribution is 6.25. The van der Waals surface area contributed by atoms with Gasteiger partial charge in [-0.25, -0.2) is 4.90 Å². The molecule has 3 heterocycles. The molecular formula is C27H21N3O3. The summed E-state index contributed by atoms with van der Waals surface area (Å²) in [7, 11) is 0. The molecular weight excluding hydrogens is 414 g/mol. The van der Waals surface area contributed by atoms with Gasteiger partial charge in [-0.15, -0.1) is 0 Å². The van der Waals surface area contributed by atoms with E-state index < -0.39 is 17.9 Å². The van der Waals surface area contributed by atoms with E-state index in [1.165, 1.54) is 4.90 Å². The molecule has 2 fully saturated rings. The Hall–Kier alpha value is -4.19. The van der Waals surface area contributed by atoms with Crippen molar-refractivity contribution in [3.8, 4) is 0 Å². The summed E-state index contributed by atoms with van der Waals surface area (Å²) in [6.45, 7) is 0. The lowest BCUT2D eigenvalue weighted by Crippen LogP contribution is -2.50. The third-order valence-corrected chi connectivity index (χ3v) is 6.74. The third-order valence-electron chi connectivity index (χ3n) is 6.74. The van der Waals surface area contributed by atoms with E-state index in [9.17, 15) is 14.4 Å². The zero-order chi connectivity index (χ0) is 22.5. The van der Waals surface area contributed by atoms with Crippen LogP contribution in [-0.4, -0.2) is 29.8 Å². The number of para-hydroxylation sites is 3. The first-order chi connectivity index (χ1) is 16.1. The highest BCUT2D eigenvalue weighted by Crippen LogP contribution is 2.49. The molecule has 6 nitrogen and oxygen atoms in total. The summed E-state index contributed by atoms with van der Waals surface area (Å²) < 4.78 is 0. The van der Waals surface area contributed by atoms with Crippen molar-refractivity contribution in [3.05, 3.63) is 96.6 Å². The zero-order valence-corrected chi connectivity index (χ0v) is 17.7. The largest absolute Gasteiger partial charge is 0.351 e. The van der Waals surface area contributed by atoms with E-state index in [2.05, 4.69) is 5.32 Å². The topological polar surface area (TPSA) is 69.7 Å². The van der Waals surface area contributed by atoms with Crippen LogP contribution in [0.2, 0.25) is 0 Å². The summed E-state index contributed by atoms with van der Waals surface area (Å²) in [5.41, 5.74) is 3.02. The molecule has 6 rings (SSSR count). The van der Waals surface area contributed by atoms with Crippen LogP contribution in [0, 0.1) is 11.8 Å². The van der Waals surface area contributed by atoms with Crippen molar-refractivity contribution in [2.24, 2.45) is 11.8 Å². The normalized spacial score (nSPS) is 25.0. The van der Waals surface area contributed by atoms with Gasteiger partial charge in [-0.2, -0.15) is 0 Å². The molecule has 0 bridgehead atoms. The second kappa shape index (κ2) is 7.45. The molecule has 3 aromatic carbocycles. The van der Waals surface area contributed by atoms with E-state index in [0.29, 0.717) is 11.4 Å². The highest BCUT2D eigenvalue weighted by atomic mass is 16.2. The van der Waals surface area contributed by atoms with Gasteiger partial charge in [0.1, 0.15) is 6.04 Å².